The highest BCUT2D eigenvalue weighted by Gasteiger charge is 2.02. The molecule has 13 heavy (non-hydrogen) atoms. The van der Waals surface area contributed by atoms with Gasteiger partial charge in [-0.05, 0) is 18.6 Å². The molecule has 2 rings (SSSR count). The fraction of sp³-hybridized carbons (Fsp3) is 0.111. The molecule has 0 aliphatic carbocycles. The van der Waals surface area contributed by atoms with Crippen molar-refractivity contribution in [3.05, 3.63) is 34.1 Å². The molecule has 0 unspecified atom stereocenters. The van der Waals surface area contributed by atoms with Crippen molar-refractivity contribution in [1.82, 2.24) is 9.97 Å². The van der Waals surface area contributed by atoms with Crippen LogP contribution in [0.2, 0.25) is 0 Å². The molecular weight excluding hydrogens is 166 g/mol. The van der Waals surface area contributed by atoms with E-state index in [2.05, 4.69) is 9.97 Å². The van der Waals surface area contributed by atoms with Gasteiger partial charge in [-0.15, -0.1) is 0 Å². The number of aryl methyl sites for hydroxylation is 1. The van der Waals surface area contributed by atoms with E-state index in [4.69, 9.17) is 5.73 Å². The molecule has 0 aliphatic heterocycles. The first kappa shape index (κ1) is 7.79. The molecule has 1 aromatic heterocycles. The van der Waals surface area contributed by atoms with Crippen LogP contribution in [0, 0.1) is 6.92 Å². The van der Waals surface area contributed by atoms with Crippen molar-refractivity contribution in [2.24, 2.45) is 0 Å². The second-order valence-corrected chi connectivity index (χ2v) is 2.92. The van der Waals surface area contributed by atoms with E-state index in [-0.39, 0.29) is 11.5 Å². The van der Waals surface area contributed by atoms with E-state index in [1.807, 2.05) is 19.1 Å². The first-order valence-corrected chi connectivity index (χ1v) is 3.93. The fourth-order valence-corrected chi connectivity index (χ4v) is 1.32. The van der Waals surface area contributed by atoms with Crippen molar-refractivity contribution < 1.29 is 0 Å². The van der Waals surface area contributed by atoms with E-state index in [0.29, 0.717) is 10.9 Å². The Labute approximate surface area is 74.4 Å². The van der Waals surface area contributed by atoms with Crippen molar-refractivity contribution >= 4 is 16.9 Å². The van der Waals surface area contributed by atoms with Gasteiger partial charge in [-0.3, -0.25) is 9.78 Å². The number of nitrogens with zero attached hydrogens (tertiary/aromatic N) is 1. The van der Waals surface area contributed by atoms with Crippen molar-refractivity contribution in [2.75, 3.05) is 5.73 Å². The summed E-state index contributed by atoms with van der Waals surface area (Å²) in [6.45, 7) is 1.90. The first-order chi connectivity index (χ1) is 6.18. The maximum absolute atomic E-state index is 11.4. The molecule has 4 nitrogen and oxygen atoms in total. The molecule has 66 valence electrons. The molecule has 4 heteroatoms. The average Bonchev–Trinajstić information content (AvgIpc) is 2.07. The van der Waals surface area contributed by atoms with Crippen LogP contribution in [0.5, 0.6) is 0 Å². The van der Waals surface area contributed by atoms with Gasteiger partial charge in [-0.25, -0.2) is 4.98 Å². The largest absolute Gasteiger partial charge is 0.369 e. The van der Waals surface area contributed by atoms with Gasteiger partial charge in [0, 0.05) is 0 Å². The van der Waals surface area contributed by atoms with Gasteiger partial charge in [0.05, 0.1) is 10.9 Å². The fourth-order valence-electron chi connectivity index (χ4n) is 1.32. The highest BCUT2D eigenvalue weighted by Crippen LogP contribution is 2.11. The third kappa shape index (κ3) is 1.16. The smallest absolute Gasteiger partial charge is 0.260 e. The molecule has 2 aromatic rings. The van der Waals surface area contributed by atoms with Gasteiger partial charge in [-0.2, -0.15) is 0 Å². The molecule has 0 radical (unpaired) electrons. The van der Waals surface area contributed by atoms with E-state index in [1.54, 1.807) is 6.07 Å². The number of aromatic amines is 1. The highest BCUT2D eigenvalue weighted by atomic mass is 16.1. The monoisotopic (exact) mass is 175 g/mol. The Bertz CT molecular complexity index is 516. The third-order valence-corrected chi connectivity index (χ3v) is 1.96. The average molecular weight is 175 g/mol. The molecule has 0 saturated heterocycles. The molecule has 0 atom stereocenters. The molecule has 1 aromatic carbocycles. The summed E-state index contributed by atoms with van der Waals surface area (Å²) < 4.78 is 0. The zero-order valence-electron chi connectivity index (χ0n) is 7.16. The van der Waals surface area contributed by atoms with E-state index in [0.717, 1.165) is 5.56 Å². The summed E-state index contributed by atoms with van der Waals surface area (Å²) >= 11 is 0. The number of nitrogens with one attached hydrogen (secondary N) is 1. The zero-order chi connectivity index (χ0) is 9.42. The summed E-state index contributed by atoms with van der Waals surface area (Å²) in [4.78, 5) is 17.9. The zero-order valence-corrected chi connectivity index (χ0v) is 7.16. The number of fused-ring (bicyclic) bond motifs is 1. The lowest BCUT2D eigenvalue weighted by atomic mass is 10.1. The number of nitrogen functional groups attached to an aromatic ring is 1. The van der Waals surface area contributed by atoms with Crippen LogP contribution in [-0.4, -0.2) is 9.97 Å². The number of nitrogens with two attached hydrogens (primary N) is 1. The van der Waals surface area contributed by atoms with E-state index in [1.165, 1.54) is 0 Å². The molecular formula is C9H9N3O. The molecule has 0 saturated carbocycles. The van der Waals surface area contributed by atoms with Gasteiger partial charge in [0.25, 0.3) is 5.56 Å². The summed E-state index contributed by atoms with van der Waals surface area (Å²) in [6, 6.07) is 5.45. The normalized spacial score (nSPS) is 10.5. The topological polar surface area (TPSA) is 71.8 Å². The maximum Gasteiger partial charge on any atom is 0.260 e. The Morgan fingerprint density at radius 2 is 2.23 bits per heavy atom. The Morgan fingerprint density at radius 1 is 1.46 bits per heavy atom. The minimum absolute atomic E-state index is 0.159. The minimum atomic E-state index is -0.189. The number of anilines is 1. The predicted octanol–water partition coefficient (Wildman–Crippen LogP) is 0.814. The van der Waals surface area contributed by atoms with Crippen LogP contribution in [0.15, 0.2) is 23.0 Å². The minimum Gasteiger partial charge on any atom is -0.369 e. The maximum atomic E-state index is 11.4. The van der Waals surface area contributed by atoms with Crippen molar-refractivity contribution in [1.29, 1.82) is 0 Å². The van der Waals surface area contributed by atoms with Crippen molar-refractivity contribution in [3.8, 4) is 0 Å². The second-order valence-electron chi connectivity index (χ2n) is 2.92. The molecule has 0 aliphatic rings. The van der Waals surface area contributed by atoms with E-state index >= 15 is 0 Å². The van der Waals surface area contributed by atoms with E-state index < -0.39 is 0 Å². The third-order valence-electron chi connectivity index (χ3n) is 1.96. The Balaban J connectivity index is 3.03. The summed E-state index contributed by atoms with van der Waals surface area (Å²) in [6.07, 6.45) is 0. The van der Waals surface area contributed by atoms with Crippen molar-refractivity contribution in [3.63, 3.8) is 0 Å². The Kier molecular flexibility index (Phi) is 1.55. The highest BCUT2D eigenvalue weighted by molar-refractivity contribution is 5.81. The summed E-state index contributed by atoms with van der Waals surface area (Å²) in [5.41, 5.74) is 6.86. The molecule has 0 spiro atoms. The molecule has 3 N–H and O–H groups in total. The Hall–Kier alpha value is -1.84. The summed E-state index contributed by atoms with van der Waals surface area (Å²) in [7, 11) is 0. The second kappa shape index (κ2) is 2.58. The van der Waals surface area contributed by atoms with Gasteiger partial charge in [0.1, 0.15) is 0 Å². The lowest BCUT2D eigenvalue weighted by molar-refractivity contribution is 1.18. The standard InChI is InChI=1S/C9H9N3O/c1-5-3-2-4-6-7(5)11-9(10)12-8(6)13/h2-4H,1H3,(H3,10,11,12,13). The van der Waals surface area contributed by atoms with Crippen LogP contribution in [0.4, 0.5) is 5.95 Å². The van der Waals surface area contributed by atoms with Crippen LogP contribution < -0.4 is 11.3 Å². The molecule has 0 fully saturated rings. The number of para-hydroxylation sites is 1. The number of benzene rings is 1. The number of hydrogen-bond acceptors (Lipinski definition) is 3. The van der Waals surface area contributed by atoms with Crippen LogP contribution in [-0.2, 0) is 0 Å². The van der Waals surface area contributed by atoms with Crippen LogP contribution in [0.3, 0.4) is 0 Å². The van der Waals surface area contributed by atoms with Gasteiger partial charge < -0.3 is 5.73 Å². The van der Waals surface area contributed by atoms with Gasteiger partial charge in [0.15, 0.2) is 0 Å². The first-order valence-electron chi connectivity index (χ1n) is 3.93. The van der Waals surface area contributed by atoms with Gasteiger partial charge >= 0.3 is 0 Å². The molecule has 1 heterocycles. The number of H-pyrrole nitrogens is 1. The number of rotatable bonds is 0. The lowest BCUT2D eigenvalue weighted by Gasteiger charge is -2.00. The van der Waals surface area contributed by atoms with E-state index in [9.17, 15) is 4.79 Å². The SMILES string of the molecule is Cc1cccc2c(=O)[nH]c(N)nc12. The summed E-state index contributed by atoms with van der Waals surface area (Å²) in [5.74, 6) is 0.159. The van der Waals surface area contributed by atoms with Gasteiger partial charge in [-0.1, -0.05) is 12.1 Å². The molecule has 0 bridgehead atoms. The quantitative estimate of drug-likeness (QED) is 0.622. The number of hydrogen-bond donors (Lipinski definition) is 2. The van der Waals surface area contributed by atoms with Crippen LogP contribution in [0.1, 0.15) is 5.56 Å². The van der Waals surface area contributed by atoms with Gasteiger partial charge in [0.2, 0.25) is 5.95 Å². The number of aromatic nitrogens is 2. The van der Waals surface area contributed by atoms with Crippen LogP contribution in [0.25, 0.3) is 10.9 Å². The van der Waals surface area contributed by atoms with Crippen LogP contribution >= 0.6 is 0 Å². The lowest BCUT2D eigenvalue weighted by Crippen LogP contribution is -2.11. The Morgan fingerprint density at radius 3 is 3.00 bits per heavy atom. The van der Waals surface area contributed by atoms with Crippen molar-refractivity contribution in [2.45, 2.75) is 6.92 Å². The summed E-state index contributed by atoms with van der Waals surface area (Å²) in [5, 5.41) is 0.578. The molecule has 0 amide bonds. The predicted molar refractivity (Wildman–Crippen MR) is 51.5 cm³/mol.